The molecule has 36 heavy (non-hydrogen) atoms. The molecule has 2 saturated heterocycles. The molecule has 6 fully saturated rings. The Balaban J connectivity index is 1.21. The lowest BCUT2D eigenvalue weighted by Crippen LogP contribution is -2.58. The molecule has 0 aromatic rings. The molecule has 1 spiro atoms. The Kier molecular flexibility index (Phi) is 6.19. The summed E-state index contributed by atoms with van der Waals surface area (Å²) in [4.78, 5) is 26.3. The zero-order chi connectivity index (χ0) is 25.5. The van der Waals surface area contributed by atoms with Gasteiger partial charge in [0.2, 0.25) is 0 Å². The van der Waals surface area contributed by atoms with Crippen LogP contribution in [0.2, 0.25) is 0 Å². The zero-order valence-corrected chi connectivity index (χ0v) is 23.2. The van der Waals surface area contributed by atoms with E-state index in [0.717, 1.165) is 58.0 Å². The highest BCUT2D eigenvalue weighted by Gasteiger charge is 2.71. The van der Waals surface area contributed by atoms with Gasteiger partial charge in [-0.3, -0.25) is 9.59 Å². The summed E-state index contributed by atoms with van der Waals surface area (Å²) < 4.78 is 19.1. The maximum atomic E-state index is 14.2. The summed E-state index contributed by atoms with van der Waals surface area (Å²) in [7, 11) is 0. The maximum Gasteiger partial charge on any atom is 0.306 e. The molecule has 202 valence electrons. The van der Waals surface area contributed by atoms with Gasteiger partial charge in [-0.15, -0.1) is 0 Å². The first-order chi connectivity index (χ1) is 17.1. The maximum absolute atomic E-state index is 14.2. The highest BCUT2D eigenvalue weighted by atomic mass is 16.7. The molecule has 0 N–H and O–H groups in total. The molecule has 6 rings (SSSR count). The Morgan fingerprint density at radius 2 is 1.86 bits per heavy atom. The lowest BCUT2D eigenvalue weighted by Gasteiger charge is -2.60. The number of hydrogen-bond donors (Lipinski definition) is 0. The third-order valence-electron chi connectivity index (χ3n) is 12.5. The van der Waals surface area contributed by atoms with Gasteiger partial charge < -0.3 is 14.2 Å². The summed E-state index contributed by atoms with van der Waals surface area (Å²) in [5.41, 5.74) is -0.0984. The number of esters is 1. The minimum Gasteiger partial charge on any atom is -0.462 e. The summed E-state index contributed by atoms with van der Waals surface area (Å²) in [6.45, 7) is 12.2. The fourth-order valence-corrected chi connectivity index (χ4v) is 10.5. The molecule has 0 amide bonds. The van der Waals surface area contributed by atoms with Crippen molar-refractivity contribution in [2.24, 2.45) is 52.3 Å². The molecule has 5 heteroatoms. The number of ether oxygens (including phenoxy) is 3. The van der Waals surface area contributed by atoms with Gasteiger partial charge in [0.15, 0.2) is 5.79 Å². The molecular formula is C31H48O5. The van der Waals surface area contributed by atoms with Crippen molar-refractivity contribution in [3.05, 3.63) is 0 Å². The predicted molar refractivity (Wildman–Crippen MR) is 137 cm³/mol. The SMILES string of the molecule is CCCC(=O)OC1CCC2(C)C(CCC3C2CC(=O)C2(C)C3CC3OC4(CCC(C)CO4)C(C)C32)C1. The number of ketones is 1. The lowest BCUT2D eigenvalue weighted by atomic mass is 9.44. The van der Waals surface area contributed by atoms with E-state index < -0.39 is 5.79 Å². The van der Waals surface area contributed by atoms with E-state index in [2.05, 4.69) is 27.7 Å². The van der Waals surface area contributed by atoms with E-state index >= 15 is 0 Å². The minimum absolute atomic E-state index is 0.0378. The van der Waals surface area contributed by atoms with Gasteiger partial charge in [0.25, 0.3) is 0 Å². The highest BCUT2D eigenvalue weighted by Crippen LogP contribution is 2.70. The third kappa shape index (κ3) is 3.53. The predicted octanol–water partition coefficient (Wildman–Crippen LogP) is 6.32. The van der Waals surface area contributed by atoms with Crippen LogP contribution < -0.4 is 0 Å². The highest BCUT2D eigenvalue weighted by molar-refractivity contribution is 5.87. The standard InChI is InChI=1S/C31H48O5/c1-6-7-27(33)35-21-11-12-29(4)20(14-21)8-9-22-23(29)16-26(32)30(5)24(22)15-25-28(30)19(3)31(36-25)13-10-18(2)17-34-31/h18-25,28H,6-17H2,1-5H3. The van der Waals surface area contributed by atoms with Gasteiger partial charge in [-0.05, 0) is 86.4 Å². The second-order valence-corrected chi connectivity index (χ2v) is 14.2. The third-order valence-corrected chi connectivity index (χ3v) is 12.5. The number of carbonyl (C=O) groups is 2. The molecule has 4 aliphatic carbocycles. The molecule has 4 saturated carbocycles. The first-order valence-electron chi connectivity index (χ1n) is 15.2. The topological polar surface area (TPSA) is 61.8 Å². The van der Waals surface area contributed by atoms with Crippen LogP contribution in [0.4, 0.5) is 0 Å². The minimum atomic E-state index is -0.468. The van der Waals surface area contributed by atoms with Crippen LogP contribution in [-0.2, 0) is 23.8 Å². The monoisotopic (exact) mass is 500 g/mol. The van der Waals surface area contributed by atoms with Crippen LogP contribution in [0.25, 0.3) is 0 Å². The number of rotatable bonds is 3. The lowest BCUT2D eigenvalue weighted by molar-refractivity contribution is -0.272. The van der Waals surface area contributed by atoms with Gasteiger partial charge in [0.1, 0.15) is 11.9 Å². The number of carbonyl (C=O) groups excluding carboxylic acids is 2. The second kappa shape index (κ2) is 8.79. The fraction of sp³-hybridized carbons (Fsp3) is 0.935. The Labute approximate surface area is 217 Å². The van der Waals surface area contributed by atoms with E-state index in [1.54, 1.807) is 0 Å². The van der Waals surface area contributed by atoms with Crippen molar-refractivity contribution in [1.29, 1.82) is 0 Å². The summed E-state index contributed by atoms with van der Waals surface area (Å²) in [6, 6.07) is 0. The van der Waals surface area contributed by atoms with Gasteiger partial charge in [-0.2, -0.15) is 0 Å². The fourth-order valence-electron chi connectivity index (χ4n) is 10.5. The van der Waals surface area contributed by atoms with Crippen molar-refractivity contribution in [3.8, 4) is 0 Å². The summed E-state index contributed by atoms with van der Waals surface area (Å²) >= 11 is 0. The van der Waals surface area contributed by atoms with Crippen molar-refractivity contribution >= 4 is 11.8 Å². The van der Waals surface area contributed by atoms with Crippen LogP contribution in [0.15, 0.2) is 0 Å². The van der Waals surface area contributed by atoms with Gasteiger partial charge >= 0.3 is 5.97 Å². The average Bonchev–Trinajstić information content (AvgIpc) is 3.28. The number of fused-ring (bicyclic) bond motifs is 7. The number of Topliss-reactive ketones (excluding diaryl/α,β-unsaturated/α-hetero) is 1. The quantitative estimate of drug-likeness (QED) is 0.424. The smallest absolute Gasteiger partial charge is 0.306 e. The van der Waals surface area contributed by atoms with Gasteiger partial charge in [-0.1, -0.05) is 34.6 Å². The van der Waals surface area contributed by atoms with Gasteiger partial charge in [0, 0.05) is 36.5 Å². The van der Waals surface area contributed by atoms with E-state index in [9.17, 15) is 9.59 Å². The molecule has 12 unspecified atom stereocenters. The van der Waals surface area contributed by atoms with Gasteiger partial charge in [-0.25, -0.2) is 0 Å². The van der Waals surface area contributed by atoms with Crippen LogP contribution in [0.1, 0.15) is 105 Å². The molecule has 0 aromatic carbocycles. The van der Waals surface area contributed by atoms with Gasteiger partial charge in [0.05, 0.1) is 12.7 Å². The number of hydrogen-bond acceptors (Lipinski definition) is 5. The molecule has 5 nitrogen and oxygen atoms in total. The van der Waals surface area contributed by atoms with Crippen LogP contribution in [0.3, 0.4) is 0 Å². The van der Waals surface area contributed by atoms with Crippen molar-refractivity contribution < 1.29 is 23.8 Å². The second-order valence-electron chi connectivity index (χ2n) is 14.2. The van der Waals surface area contributed by atoms with Crippen LogP contribution in [-0.4, -0.2) is 36.4 Å². The van der Waals surface area contributed by atoms with Crippen molar-refractivity contribution in [1.82, 2.24) is 0 Å². The van der Waals surface area contributed by atoms with E-state index in [0.29, 0.717) is 41.8 Å². The molecular weight excluding hydrogens is 452 g/mol. The Morgan fingerprint density at radius 3 is 2.58 bits per heavy atom. The van der Waals surface area contributed by atoms with Crippen LogP contribution >= 0.6 is 0 Å². The van der Waals surface area contributed by atoms with E-state index in [1.807, 2.05) is 6.92 Å². The van der Waals surface area contributed by atoms with Crippen molar-refractivity contribution in [2.45, 2.75) is 123 Å². The van der Waals surface area contributed by atoms with Crippen molar-refractivity contribution in [3.63, 3.8) is 0 Å². The van der Waals surface area contributed by atoms with E-state index in [-0.39, 0.29) is 40.8 Å². The molecule has 0 radical (unpaired) electrons. The zero-order valence-electron chi connectivity index (χ0n) is 23.2. The Bertz CT molecular complexity index is 891. The normalized spacial score (nSPS) is 53.9. The molecule has 2 aliphatic heterocycles. The molecule has 6 aliphatic rings. The average molecular weight is 501 g/mol. The van der Waals surface area contributed by atoms with Crippen LogP contribution in [0.5, 0.6) is 0 Å². The summed E-state index contributed by atoms with van der Waals surface area (Å²) in [5.74, 6) is 3.19. The summed E-state index contributed by atoms with van der Waals surface area (Å²) in [6.07, 6.45) is 10.9. The van der Waals surface area contributed by atoms with E-state index in [1.165, 1.54) is 12.8 Å². The molecule has 0 aromatic heterocycles. The Morgan fingerprint density at radius 1 is 1.06 bits per heavy atom. The first-order valence-corrected chi connectivity index (χ1v) is 15.2. The largest absolute Gasteiger partial charge is 0.462 e. The van der Waals surface area contributed by atoms with Crippen molar-refractivity contribution in [2.75, 3.05) is 6.61 Å². The van der Waals surface area contributed by atoms with E-state index in [4.69, 9.17) is 14.2 Å². The molecule has 12 atom stereocenters. The van der Waals surface area contributed by atoms with Crippen LogP contribution in [0, 0.1) is 52.3 Å². The first kappa shape index (κ1) is 25.3. The molecule has 2 heterocycles. The molecule has 0 bridgehead atoms. The Hall–Kier alpha value is -0.940. The summed E-state index contributed by atoms with van der Waals surface area (Å²) in [5, 5.41) is 0.